The molecule has 10 heteroatoms. The smallest absolute Gasteiger partial charge is 0.335 e. The van der Waals surface area contributed by atoms with E-state index in [1.54, 1.807) is 6.92 Å². The number of aryl methyl sites for hydroxylation is 1. The largest absolute Gasteiger partial charge is 0.508 e. The predicted octanol–water partition coefficient (Wildman–Crippen LogP) is 2.63. The van der Waals surface area contributed by atoms with Gasteiger partial charge in [0.25, 0.3) is 10.0 Å². The molecule has 0 saturated carbocycles. The lowest BCUT2D eigenvalue weighted by molar-refractivity contribution is 0.0696. The van der Waals surface area contributed by atoms with Gasteiger partial charge in [-0.05, 0) is 48.2 Å². The SMILES string of the molecule is Cc1c(O)cc(N)c2cc(S(=O)(=O)Nc3cc(C(=O)O)cc(C(=O)O)c3)ccc12. The second kappa shape index (κ2) is 6.99. The van der Waals surface area contributed by atoms with Crippen molar-refractivity contribution in [3.63, 3.8) is 0 Å². The monoisotopic (exact) mass is 416 g/mol. The molecule has 9 nitrogen and oxygen atoms in total. The summed E-state index contributed by atoms with van der Waals surface area (Å²) < 4.78 is 27.7. The molecule has 0 heterocycles. The Kier molecular flexibility index (Phi) is 4.81. The first-order valence-corrected chi connectivity index (χ1v) is 9.64. The summed E-state index contributed by atoms with van der Waals surface area (Å²) in [4.78, 5) is 22.2. The van der Waals surface area contributed by atoms with Crippen molar-refractivity contribution in [3.05, 3.63) is 59.2 Å². The van der Waals surface area contributed by atoms with Gasteiger partial charge in [0.05, 0.1) is 21.7 Å². The van der Waals surface area contributed by atoms with Gasteiger partial charge in [0.15, 0.2) is 0 Å². The van der Waals surface area contributed by atoms with Gasteiger partial charge in [0.2, 0.25) is 0 Å². The van der Waals surface area contributed by atoms with Crippen molar-refractivity contribution in [1.82, 2.24) is 0 Å². The van der Waals surface area contributed by atoms with Crippen LogP contribution in [0.2, 0.25) is 0 Å². The van der Waals surface area contributed by atoms with E-state index in [0.717, 1.165) is 18.2 Å². The van der Waals surface area contributed by atoms with Crippen LogP contribution in [0.3, 0.4) is 0 Å². The van der Waals surface area contributed by atoms with Crippen LogP contribution in [-0.2, 0) is 10.0 Å². The van der Waals surface area contributed by atoms with Crippen LogP contribution in [-0.4, -0.2) is 35.7 Å². The number of anilines is 2. The Morgan fingerprint density at radius 2 is 1.52 bits per heavy atom. The summed E-state index contributed by atoms with van der Waals surface area (Å²) in [6, 6.07) is 8.39. The first kappa shape index (κ1) is 20.0. The van der Waals surface area contributed by atoms with E-state index in [-0.39, 0.29) is 33.1 Å². The zero-order valence-electron chi connectivity index (χ0n) is 15.0. The number of hydrogen-bond acceptors (Lipinski definition) is 6. The summed E-state index contributed by atoms with van der Waals surface area (Å²) in [5, 5.41) is 29.1. The van der Waals surface area contributed by atoms with Gasteiger partial charge in [-0.2, -0.15) is 0 Å². The van der Waals surface area contributed by atoms with Gasteiger partial charge in [-0.1, -0.05) is 6.07 Å². The Hall–Kier alpha value is -3.79. The van der Waals surface area contributed by atoms with E-state index in [0.29, 0.717) is 16.3 Å². The maximum absolute atomic E-state index is 12.8. The van der Waals surface area contributed by atoms with Crippen LogP contribution in [0.1, 0.15) is 26.3 Å². The van der Waals surface area contributed by atoms with E-state index < -0.39 is 22.0 Å². The number of nitrogens with one attached hydrogen (secondary N) is 1. The van der Waals surface area contributed by atoms with Crippen molar-refractivity contribution in [3.8, 4) is 5.75 Å². The van der Waals surface area contributed by atoms with Gasteiger partial charge in [0, 0.05) is 17.1 Å². The standard InChI is InChI=1S/C19H16N2O7S/c1-9-14-3-2-13(7-15(14)16(20)8-17(9)22)29(27,28)21-12-5-10(18(23)24)4-11(6-12)19(25)26/h2-8,21-22H,20H2,1H3,(H,23,24)(H,25,26). The summed E-state index contributed by atoms with van der Waals surface area (Å²) in [6.07, 6.45) is 0. The minimum absolute atomic E-state index is 0.0181. The van der Waals surface area contributed by atoms with Gasteiger partial charge in [-0.15, -0.1) is 0 Å². The summed E-state index contributed by atoms with van der Waals surface area (Å²) in [6.45, 7) is 1.66. The van der Waals surface area contributed by atoms with Crippen molar-refractivity contribution in [2.75, 3.05) is 10.5 Å². The van der Waals surface area contributed by atoms with Gasteiger partial charge in [0.1, 0.15) is 5.75 Å². The first-order valence-electron chi connectivity index (χ1n) is 8.16. The number of sulfonamides is 1. The normalized spacial score (nSPS) is 11.3. The quantitative estimate of drug-likeness (QED) is 0.396. The molecule has 3 rings (SSSR count). The lowest BCUT2D eigenvalue weighted by atomic mass is 10.0. The van der Waals surface area contributed by atoms with Crippen molar-refractivity contribution in [1.29, 1.82) is 0 Å². The van der Waals surface area contributed by atoms with Crippen molar-refractivity contribution < 1.29 is 33.3 Å². The zero-order valence-corrected chi connectivity index (χ0v) is 15.8. The molecule has 0 aromatic heterocycles. The molecule has 3 aromatic rings. The summed E-state index contributed by atoms with van der Waals surface area (Å²) in [5.41, 5.74) is 5.64. The Morgan fingerprint density at radius 1 is 0.931 bits per heavy atom. The lowest BCUT2D eigenvalue weighted by Gasteiger charge is -2.13. The van der Waals surface area contributed by atoms with Crippen LogP contribution in [0, 0.1) is 6.92 Å². The predicted molar refractivity (Wildman–Crippen MR) is 106 cm³/mol. The molecule has 0 spiro atoms. The number of nitrogens with two attached hydrogens (primary N) is 1. The van der Waals surface area contributed by atoms with Gasteiger partial charge >= 0.3 is 11.9 Å². The molecule has 0 fully saturated rings. The van der Waals surface area contributed by atoms with Crippen LogP contribution in [0.4, 0.5) is 11.4 Å². The third kappa shape index (κ3) is 3.78. The molecule has 6 N–H and O–H groups in total. The molecule has 0 unspecified atom stereocenters. The van der Waals surface area contributed by atoms with Crippen molar-refractivity contribution in [2.45, 2.75) is 11.8 Å². The fourth-order valence-electron chi connectivity index (χ4n) is 2.88. The average molecular weight is 416 g/mol. The number of aromatic hydroxyl groups is 1. The fraction of sp³-hybridized carbons (Fsp3) is 0.0526. The highest BCUT2D eigenvalue weighted by atomic mass is 32.2. The Morgan fingerprint density at radius 3 is 2.07 bits per heavy atom. The van der Waals surface area contributed by atoms with Crippen molar-refractivity contribution in [2.24, 2.45) is 0 Å². The maximum atomic E-state index is 12.8. The second-order valence-corrected chi connectivity index (χ2v) is 8.01. The summed E-state index contributed by atoms with van der Waals surface area (Å²) >= 11 is 0. The zero-order chi connectivity index (χ0) is 21.5. The summed E-state index contributed by atoms with van der Waals surface area (Å²) in [5.74, 6) is -2.82. The maximum Gasteiger partial charge on any atom is 0.335 e. The molecule has 150 valence electrons. The lowest BCUT2D eigenvalue weighted by Crippen LogP contribution is -2.14. The molecule has 0 aliphatic rings. The molecule has 0 aliphatic heterocycles. The number of rotatable bonds is 5. The number of carboxylic acid groups (broad SMARTS) is 2. The van der Waals surface area contributed by atoms with E-state index >= 15 is 0 Å². The minimum Gasteiger partial charge on any atom is -0.508 e. The molecule has 0 radical (unpaired) electrons. The molecular formula is C19H16N2O7S. The Bertz CT molecular complexity index is 1250. The number of carboxylic acids is 2. The third-order valence-electron chi connectivity index (χ3n) is 4.37. The van der Waals surface area contributed by atoms with Crippen LogP contribution < -0.4 is 10.5 Å². The van der Waals surface area contributed by atoms with Gasteiger partial charge in [-0.3, -0.25) is 4.72 Å². The average Bonchev–Trinajstić information content (AvgIpc) is 2.65. The molecule has 0 aliphatic carbocycles. The first-order chi connectivity index (χ1) is 13.5. The Balaban J connectivity index is 2.09. The molecule has 0 atom stereocenters. The number of aromatic carboxylic acids is 2. The van der Waals surface area contributed by atoms with Gasteiger partial charge < -0.3 is 21.1 Å². The number of fused-ring (bicyclic) bond motifs is 1. The highest BCUT2D eigenvalue weighted by Gasteiger charge is 2.19. The number of carbonyl (C=O) groups is 2. The second-order valence-electron chi connectivity index (χ2n) is 6.33. The van der Waals surface area contributed by atoms with E-state index in [1.807, 2.05) is 0 Å². The van der Waals surface area contributed by atoms with Gasteiger partial charge in [-0.25, -0.2) is 18.0 Å². The van der Waals surface area contributed by atoms with E-state index in [9.17, 15) is 23.1 Å². The number of benzene rings is 3. The number of nitrogen functional groups attached to an aromatic ring is 1. The molecule has 0 bridgehead atoms. The Labute approximate surface area is 165 Å². The van der Waals surface area contributed by atoms with Crippen LogP contribution in [0.5, 0.6) is 5.75 Å². The molecule has 3 aromatic carbocycles. The summed E-state index contributed by atoms with van der Waals surface area (Å²) in [7, 11) is -4.18. The number of phenolic OH excluding ortho intramolecular Hbond substituents is 1. The van der Waals surface area contributed by atoms with Crippen LogP contribution in [0.15, 0.2) is 47.4 Å². The van der Waals surface area contributed by atoms with Crippen molar-refractivity contribution >= 4 is 44.1 Å². The van der Waals surface area contributed by atoms with E-state index in [2.05, 4.69) is 4.72 Å². The van der Waals surface area contributed by atoms with Crippen LogP contribution in [0.25, 0.3) is 10.8 Å². The van der Waals surface area contributed by atoms with E-state index in [1.165, 1.54) is 24.3 Å². The van der Waals surface area contributed by atoms with E-state index in [4.69, 9.17) is 15.9 Å². The topological polar surface area (TPSA) is 167 Å². The minimum atomic E-state index is -4.18. The molecule has 29 heavy (non-hydrogen) atoms. The third-order valence-corrected chi connectivity index (χ3v) is 5.75. The highest BCUT2D eigenvalue weighted by Crippen LogP contribution is 2.33. The molecule has 0 saturated heterocycles. The number of hydrogen-bond donors (Lipinski definition) is 5. The molecule has 0 amide bonds. The fourth-order valence-corrected chi connectivity index (χ4v) is 3.94. The highest BCUT2D eigenvalue weighted by molar-refractivity contribution is 7.92. The number of phenols is 1. The molecular weight excluding hydrogens is 400 g/mol. The van der Waals surface area contributed by atoms with Crippen LogP contribution >= 0.6 is 0 Å².